The molecule has 0 aliphatic heterocycles. The van der Waals surface area contributed by atoms with Gasteiger partial charge in [-0.1, -0.05) is 11.6 Å². The van der Waals surface area contributed by atoms with Gasteiger partial charge < -0.3 is 5.32 Å². The molecule has 1 rings (SSSR count). The predicted molar refractivity (Wildman–Crippen MR) is 56.4 cm³/mol. The summed E-state index contributed by atoms with van der Waals surface area (Å²) in [5, 5.41) is 13.6. The minimum absolute atomic E-state index is 0.0295. The van der Waals surface area contributed by atoms with E-state index in [0.29, 0.717) is 5.02 Å². The molecule has 80 valence electrons. The molecule has 15 heavy (non-hydrogen) atoms. The number of carbonyl (C=O) groups is 1. The van der Waals surface area contributed by atoms with Crippen molar-refractivity contribution in [1.82, 2.24) is 5.32 Å². The van der Waals surface area contributed by atoms with Crippen molar-refractivity contribution in [3.05, 3.63) is 38.9 Å². The summed E-state index contributed by atoms with van der Waals surface area (Å²) in [6.07, 6.45) is 0. The molecule has 5 nitrogen and oxygen atoms in total. The molecular weight excluding hydrogens is 220 g/mol. The third-order valence-corrected chi connectivity index (χ3v) is 2.03. The number of nitrogens with zero attached hydrogens (tertiary/aromatic N) is 1. The molecule has 0 saturated heterocycles. The summed E-state index contributed by atoms with van der Waals surface area (Å²) in [6, 6.07) is 3.92. The van der Waals surface area contributed by atoms with Crippen LogP contribution in [0.15, 0.2) is 18.2 Å². The maximum Gasteiger partial charge on any atom is 0.280 e. The van der Waals surface area contributed by atoms with Gasteiger partial charge in [-0.3, -0.25) is 14.9 Å². The van der Waals surface area contributed by atoms with Crippen LogP contribution in [0.3, 0.4) is 0 Å². The normalized spacial score (nSPS) is 10.0. The number of nitrogens with one attached hydrogen (secondary N) is 1. The van der Waals surface area contributed by atoms with Crippen molar-refractivity contribution < 1.29 is 9.72 Å². The Kier molecular flexibility index (Phi) is 3.76. The van der Waals surface area contributed by atoms with Gasteiger partial charge >= 0.3 is 0 Å². The quantitative estimate of drug-likeness (QED) is 0.483. The molecule has 0 heterocycles. The van der Waals surface area contributed by atoms with Crippen molar-refractivity contribution in [3.63, 3.8) is 0 Å². The fourth-order valence-corrected chi connectivity index (χ4v) is 1.32. The summed E-state index contributed by atoms with van der Waals surface area (Å²) in [5.41, 5.74) is -0.193. The Balaban J connectivity index is 3.18. The van der Waals surface area contributed by atoms with Gasteiger partial charge in [0.05, 0.1) is 17.0 Å². The van der Waals surface area contributed by atoms with Crippen LogP contribution in [0.4, 0.5) is 5.69 Å². The highest BCUT2D eigenvalue weighted by Gasteiger charge is 2.19. The van der Waals surface area contributed by atoms with E-state index in [2.05, 4.69) is 5.32 Å². The van der Waals surface area contributed by atoms with Gasteiger partial charge in [-0.15, -0.1) is 0 Å². The average Bonchev–Trinajstić information content (AvgIpc) is 2.17. The van der Waals surface area contributed by atoms with Gasteiger partial charge in [0.15, 0.2) is 5.78 Å². The third-order valence-electron chi connectivity index (χ3n) is 1.79. The molecule has 1 aromatic carbocycles. The molecule has 0 radical (unpaired) electrons. The Morgan fingerprint density at radius 1 is 1.60 bits per heavy atom. The van der Waals surface area contributed by atoms with Crippen LogP contribution in [0, 0.1) is 10.1 Å². The molecule has 0 spiro atoms. The van der Waals surface area contributed by atoms with Crippen LogP contribution in [0.2, 0.25) is 5.02 Å². The highest BCUT2D eigenvalue weighted by Crippen LogP contribution is 2.22. The first-order valence-electron chi connectivity index (χ1n) is 4.18. The number of hydrogen-bond acceptors (Lipinski definition) is 4. The number of carbonyl (C=O) groups excluding carboxylic acids is 1. The van der Waals surface area contributed by atoms with E-state index in [0.717, 1.165) is 0 Å². The number of Topliss-reactive ketones (excluding diaryl/α,β-unsaturated/α-hetero) is 1. The van der Waals surface area contributed by atoms with E-state index in [4.69, 9.17) is 11.6 Å². The first-order chi connectivity index (χ1) is 7.06. The Hall–Kier alpha value is -1.46. The summed E-state index contributed by atoms with van der Waals surface area (Å²) in [6.45, 7) is 0.0428. The van der Waals surface area contributed by atoms with Crippen LogP contribution in [0.1, 0.15) is 10.4 Å². The Morgan fingerprint density at radius 2 is 2.27 bits per heavy atom. The van der Waals surface area contributed by atoms with Crippen LogP contribution in [-0.2, 0) is 0 Å². The molecule has 0 atom stereocenters. The second-order valence-electron chi connectivity index (χ2n) is 2.87. The molecule has 0 saturated carbocycles. The zero-order valence-electron chi connectivity index (χ0n) is 7.99. The van der Waals surface area contributed by atoms with Gasteiger partial charge in [0, 0.05) is 11.1 Å². The second-order valence-corrected chi connectivity index (χ2v) is 3.31. The van der Waals surface area contributed by atoms with E-state index >= 15 is 0 Å². The van der Waals surface area contributed by atoms with Crippen molar-refractivity contribution in [1.29, 1.82) is 0 Å². The maximum absolute atomic E-state index is 11.5. The molecule has 6 heteroatoms. The number of ketones is 1. The lowest BCUT2D eigenvalue weighted by atomic mass is 10.1. The van der Waals surface area contributed by atoms with E-state index < -0.39 is 4.92 Å². The lowest BCUT2D eigenvalue weighted by Gasteiger charge is -2.02. The lowest BCUT2D eigenvalue weighted by molar-refractivity contribution is -0.385. The monoisotopic (exact) mass is 228 g/mol. The van der Waals surface area contributed by atoms with Crippen molar-refractivity contribution in [2.45, 2.75) is 0 Å². The van der Waals surface area contributed by atoms with Crippen LogP contribution in [-0.4, -0.2) is 24.3 Å². The Labute approximate surface area is 91.2 Å². The van der Waals surface area contributed by atoms with E-state index in [1.165, 1.54) is 18.2 Å². The zero-order valence-corrected chi connectivity index (χ0v) is 8.75. The highest BCUT2D eigenvalue weighted by molar-refractivity contribution is 6.31. The molecule has 1 aromatic rings. The van der Waals surface area contributed by atoms with Crippen molar-refractivity contribution in [3.8, 4) is 0 Å². The molecule has 0 unspecified atom stereocenters. The third kappa shape index (κ3) is 2.74. The SMILES string of the molecule is CNCC(=O)c1cc(Cl)ccc1[N+](=O)[O-]. The largest absolute Gasteiger partial charge is 0.313 e. The standard InChI is InChI=1S/C9H9ClN2O3/c1-11-5-9(13)7-4-6(10)2-3-8(7)12(14)15/h2-4,11H,5H2,1H3. The van der Waals surface area contributed by atoms with Crippen LogP contribution in [0.25, 0.3) is 0 Å². The van der Waals surface area contributed by atoms with E-state index in [9.17, 15) is 14.9 Å². The van der Waals surface area contributed by atoms with Crippen LogP contribution < -0.4 is 5.32 Å². The number of nitro groups is 1. The van der Waals surface area contributed by atoms with Crippen molar-refractivity contribution in [2.75, 3.05) is 13.6 Å². The second kappa shape index (κ2) is 4.86. The Morgan fingerprint density at radius 3 is 2.80 bits per heavy atom. The summed E-state index contributed by atoms with van der Waals surface area (Å²) >= 11 is 5.67. The van der Waals surface area contributed by atoms with Crippen LogP contribution in [0.5, 0.6) is 0 Å². The molecule has 0 bridgehead atoms. The van der Waals surface area contributed by atoms with E-state index in [1.807, 2.05) is 0 Å². The van der Waals surface area contributed by atoms with Gasteiger partial charge in [-0.05, 0) is 19.2 Å². The number of halogens is 1. The van der Waals surface area contributed by atoms with Crippen molar-refractivity contribution in [2.24, 2.45) is 0 Å². The molecular formula is C9H9ClN2O3. The summed E-state index contributed by atoms with van der Waals surface area (Å²) < 4.78 is 0. The number of benzene rings is 1. The fraction of sp³-hybridized carbons (Fsp3) is 0.222. The molecule has 0 aliphatic carbocycles. The molecule has 0 fully saturated rings. The summed E-state index contributed by atoms with van der Waals surface area (Å²) in [5.74, 6) is -0.355. The number of likely N-dealkylation sites (N-methyl/N-ethyl adjacent to an activating group) is 1. The molecule has 0 amide bonds. The molecule has 0 aliphatic rings. The Bertz CT molecular complexity index is 406. The maximum atomic E-state index is 11.5. The zero-order chi connectivity index (χ0) is 11.4. The number of rotatable bonds is 4. The topological polar surface area (TPSA) is 72.2 Å². The van der Waals surface area contributed by atoms with Crippen LogP contribution >= 0.6 is 11.6 Å². The predicted octanol–water partition coefficient (Wildman–Crippen LogP) is 1.65. The molecule has 1 N–H and O–H groups in total. The summed E-state index contributed by atoms with van der Waals surface area (Å²) in [7, 11) is 1.59. The molecule has 0 aromatic heterocycles. The number of hydrogen-bond donors (Lipinski definition) is 1. The van der Waals surface area contributed by atoms with Gasteiger partial charge in [0.1, 0.15) is 0 Å². The first kappa shape index (κ1) is 11.6. The van der Waals surface area contributed by atoms with E-state index in [-0.39, 0.29) is 23.6 Å². The summed E-state index contributed by atoms with van der Waals surface area (Å²) in [4.78, 5) is 21.5. The minimum atomic E-state index is -0.598. The van der Waals surface area contributed by atoms with Crippen molar-refractivity contribution >= 4 is 23.1 Å². The fourth-order valence-electron chi connectivity index (χ4n) is 1.15. The number of nitro benzene ring substituents is 1. The smallest absolute Gasteiger partial charge is 0.280 e. The first-order valence-corrected chi connectivity index (χ1v) is 4.55. The average molecular weight is 229 g/mol. The van der Waals surface area contributed by atoms with Gasteiger partial charge in [-0.25, -0.2) is 0 Å². The van der Waals surface area contributed by atoms with Gasteiger partial charge in [0.25, 0.3) is 5.69 Å². The lowest BCUT2D eigenvalue weighted by Crippen LogP contribution is -2.19. The minimum Gasteiger partial charge on any atom is -0.313 e. The highest BCUT2D eigenvalue weighted by atomic mass is 35.5. The van der Waals surface area contributed by atoms with Gasteiger partial charge in [0.2, 0.25) is 0 Å². The van der Waals surface area contributed by atoms with Gasteiger partial charge in [-0.2, -0.15) is 0 Å². The van der Waals surface area contributed by atoms with E-state index in [1.54, 1.807) is 7.05 Å².